The number of aromatic nitrogens is 4. The molecule has 0 aliphatic rings. The minimum absolute atomic E-state index is 0.229. The highest BCUT2D eigenvalue weighted by molar-refractivity contribution is 5.91. The summed E-state index contributed by atoms with van der Waals surface area (Å²) in [5.41, 5.74) is 2.85. The SMILES string of the molecule is Cc1nccn1-c1ccc(CNC(=O)/C=C/c2cnn(-c3ccccc3)c2)cc1F. The lowest BCUT2D eigenvalue weighted by molar-refractivity contribution is -0.116. The van der Waals surface area contributed by atoms with Crippen LogP contribution in [0.3, 0.4) is 0 Å². The molecule has 150 valence electrons. The van der Waals surface area contributed by atoms with Gasteiger partial charge in [0.15, 0.2) is 0 Å². The highest BCUT2D eigenvalue weighted by Gasteiger charge is 2.08. The predicted molar refractivity (Wildman–Crippen MR) is 113 cm³/mol. The molecule has 1 N–H and O–H groups in total. The van der Waals surface area contributed by atoms with E-state index in [0.717, 1.165) is 11.3 Å². The number of nitrogens with zero attached hydrogens (tertiary/aromatic N) is 4. The van der Waals surface area contributed by atoms with Gasteiger partial charge in [0.05, 0.1) is 17.6 Å². The zero-order valence-electron chi connectivity index (χ0n) is 16.4. The van der Waals surface area contributed by atoms with Crippen LogP contribution in [0.2, 0.25) is 0 Å². The van der Waals surface area contributed by atoms with Gasteiger partial charge >= 0.3 is 0 Å². The topological polar surface area (TPSA) is 64.7 Å². The molecule has 30 heavy (non-hydrogen) atoms. The second kappa shape index (κ2) is 8.57. The number of hydrogen-bond donors (Lipinski definition) is 1. The van der Waals surface area contributed by atoms with Gasteiger partial charge in [-0.15, -0.1) is 0 Å². The molecular weight excluding hydrogens is 381 g/mol. The second-order valence-corrected chi connectivity index (χ2v) is 6.74. The standard InChI is InChI=1S/C23H20FN5O/c1-17-25-11-12-28(17)22-9-7-18(13-21(22)24)14-26-23(30)10-8-19-15-27-29(16-19)20-5-3-2-4-6-20/h2-13,15-16H,14H2,1H3,(H,26,30)/b10-8+. The van der Waals surface area contributed by atoms with E-state index in [0.29, 0.717) is 17.1 Å². The molecule has 0 aliphatic heterocycles. The van der Waals surface area contributed by atoms with E-state index in [1.807, 2.05) is 43.5 Å². The molecule has 0 unspecified atom stereocenters. The van der Waals surface area contributed by atoms with Gasteiger partial charge in [-0.1, -0.05) is 24.3 Å². The molecule has 2 heterocycles. The van der Waals surface area contributed by atoms with Crippen molar-refractivity contribution in [2.75, 3.05) is 0 Å². The highest BCUT2D eigenvalue weighted by Crippen LogP contribution is 2.17. The number of halogens is 1. The average Bonchev–Trinajstić information content (AvgIpc) is 3.41. The second-order valence-electron chi connectivity index (χ2n) is 6.74. The molecule has 0 saturated carbocycles. The van der Waals surface area contributed by atoms with Crippen molar-refractivity contribution in [3.8, 4) is 11.4 Å². The van der Waals surface area contributed by atoms with Crippen molar-refractivity contribution in [2.24, 2.45) is 0 Å². The smallest absolute Gasteiger partial charge is 0.244 e. The molecule has 0 fully saturated rings. The molecule has 4 aromatic rings. The first-order chi connectivity index (χ1) is 14.6. The van der Waals surface area contributed by atoms with Crippen LogP contribution < -0.4 is 5.32 Å². The van der Waals surface area contributed by atoms with Gasteiger partial charge in [-0.3, -0.25) is 4.79 Å². The van der Waals surface area contributed by atoms with Crippen molar-refractivity contribution in [3.05, 3.63) is 102 Å². The summed E-state index contributed by atoms with van der Waals surface area (Å²) in [4.78, 5) is 16.2. The van der Waals surface area contributed by atoms with E-state index < -0.39 is 0 Å². The van der Waals surface area contributed by atoms with Crippen LogP contribution in [0.1, 0.15) is 17.0 Å². The van der Waals surface area contributed by atoms with E-state index in [9.17, 15) is 9.18 Å². The summed E-state index contributed by atoms with van der Waals surface area (Å²) in [6.45, 7) is 2.04. The third-order valence-electron chi connectivity index (χ3n) is 4.61. The van der Waals surface area contributed by atoms with E-state index in [1.165, 1.54) is 12.1 Å². The summed E-state index contributed by atoms with van der Waals surface area (Å²) < 4.78 is 17.9. The summed E-state index contributed by atoms with van der Waals surface area (Å²) in [7, 11) is 0. The van der Waals surface area contributed by atoms with Crippen molar-refractivity contribution < 1.29 is 9.18 Å². The first kappa shape index (κ1) is 19.3. The van der Waals surface area contributed by atoms with Gasteiger partial charge in [0.25, 0.3) is 0 Å². The average molecular weight is 401 g/mol. The van der Waals surface area contributed by atoms with Crippen LogP contribution in [-0.4, -0.2) is 25.2 Å². The Labute approximate surface area is 173 Å². The summed E-state index contributed by atoms with van der Waals surface area (Å²) in [5, 5.41) is 7.05. The number of carbonyl (C=O) groups excluding carboxylic acids is 1. The lowest BCUT2D eigenvalue weighted by Gasteiger charge is -2.09. The van der Waals surface area contributed by atoms with Crippen molar-refractivity contribution >= 4 is 12.0 Å². The fourth-order valence-electron chi connectivity index (χ4n) is 3.05. The summed E-state index contributed by atoms with van der Waals surface area (Å²) in [6, 6.07) is 14.6. The van der Waals surface area contributed by atoms with Crippen LogP contribution in [0.15, 0.2) is 79.4 Å². The third kappa shape index (κ3) is 4.35. The molecule has 7 heteroatoms. The molecule has 0 aliphatic carbocycles. The van der Waals surface area contributed by atoms with Gasteiger partial charge < -0.3 is 9.88 Å². The molecule has 0 atom stereocenters. The van der Waals surface area contributed by atoms with E-state index in [1.54, 1.807) is 46.0 Å². The van der Waals surface area contributed by atoms with Gasteiger partial charge in [-0.25, -0.2) is 14.1 Å². The van der Waals surface area contributed by atoms with Gasteiger partial charge in [0.1, 0.15) is 11.6 Å². The van der Waals surface area contributed by atoms with Crippen LogP contribution >= 0.6 is 0 Å². The van der Waals surface area contributed by atoms with E-state index in [-0.39, 0.29) is 18.3 Å². The first-order valence-corrected chi connectivity index (χ1v) is 9.45. The van der Waals surface area contributed by atoms with Crippen molar-refractivity contribution in [1.82, 2.24) is 24.6 Å². The summed E-state index contributed by atoms with van der Waals surface area (Å²) in [6.07, 6.45) is 9.98. The lowest BCUT2D eigenvalue weighted by atomic mass is 10.2. The number of hydrogen-bond acceptors (Lipinski definition) is 3. The monoisotopic (exact) mass is 401 g/mol. The summed E-state index contributed by atoms with van der Waals surface area (Å²) >= 11 is 0. The quantitative estimate of drug-likeness (QED) is 0.500. The fourth-order valence-corrected chi connectivity index (χ4v) is 3.05. The maximum atomic E-state index is 14.4. The molecule has 1 amide bonds. The van der Waals surface area contributed by atoms with Crippen molar-refractivity contribution in [1.29, 1.82) is 0 Å². The van der Waals surface area contributed by atoms with E-state index >= 15 is 0 Å². The number of carbonyl (C=O) groups is 1. The lowest BCUT2D eigenvalue weighted by Crippen LogP contribution is -2.20. The Balaban J connectivity index is 1.35. The third-order valence-corrected chi connectivity index (χ3v) is 4.61. The van der Waals surface area contributed by atoms with Gasteiger partial charge in [0, 0.05) is 36.8 Å². The van der Waals surface area contributed by atoms with Gasteiger partial charge in [-0.2, -0.15) is 5.10 Å². The maximum absolute atomic E-state index is 14.4. The van der Waals surface area contributed by atoms with Gasteiger partial charge in [0.2, 0.25) is 5.91 Å². The molecule has 2 aromatic heterocycles. The van der Waals surface area contributed by atoms with Crippen LogP contribution in [0.25, 0.3) is 17.5 Å². The van der Waals surface area contributed by atoms with Crippen LogP contribution in [0.4, 0.5) is 4.39 Å². The molecule has 0 bridgehead atoms. The van der Waals surface area contributed by atoms with Crippen LogP contribution in [0.5, 0.6) is 0 Å². The minimum atomic E-state index is -0.369. The number of rotatable bonds is 6. The number of amides is 1. The Bertz CT molecular complexity index is 1190. The Morgan fingerprint density at radius 2 is 2.03 bits per heavy atom. The van der Waals surface area contributed by atoms with Crippen LogP contribution in [-0.2, 0) is 11.3 Å². The molecule has 6 nitrogen and oxygen atoms in total. The Hall–Kier alpha value is -4.00. The van der Waals surface area contributed by atoms with Crippen molar-refractivity contribution in [3.63, 3.8) is 0 Å². The largest absolute Gasteiger partial charge is 0.348 e. The molecule has 2 aromatic carbocycles. The summed E-state index contributed by atoms with van der Waals surface area (Å²) in [5.74, 6) is 0.0693. The zero-order valence-corrected chi connectivity index (χ0v) is 16.4. The Morgan fingerprint density at radius 3 is 2.77 bits per heavy atom. The molecule has 0 radical (unpaired) electrons. The normalized spacial score (nSPS) is 11.1. The number of nitrogens with one attached hydrogen (secondary N) is 1. The number of aryl methyl sites for hydroxylation is 1. The number of benzene rings is 2. The van der Waals surface area contributed by atoms with E-state index in [4.69, 9.17) is 0 Å². The minimum Gasteiger partial charge on any atom is -0.348 e. The van der Waals surface area contributed by atoms with Gasteiger partial charge in [-0.05, 0) is 42.8 Å². The molecule has 0 saturated heterocycles. The maximum Gasteiger partial charge on any atom is 0.244 e. The Kier molecular flexibility index (Phi) is 5.52. The van der Waals surface area contributed by atoms with Crippen LogP contribution in [0, 0.1) is 12.7 Å². The van der Waals surface area contributed by atoms with E-state index in [2.05, 4.69) is 15.4 Å². The van der Waals surface area contributed by atoms with Crippen molar-refractivity contribution in [2.45, 2.75) is 13.5 Å². The molecule has 0 spiro atoms. The fraction of sp³-hybridized carbons (Fsp3) is 0.0870. The zero-order chi connectivity index (χ0) is 20.9. The molecule has 4 rings (SSSR count). The Morgan fingerprint density at radius 1 is 1.20 bits per heavy atom. The highest BCUT2D eigenvalue weighted by atomic mass is 19.1. The number of imidazole rings is 1. The molecular formula is C23H20FN5O. The number of para-hydroxylation sites is 1. The first-order valence-electron chi connectivity index (χ1n) is 9.45. The predicted octanol–water partition coefficient (Wildman–Crippen LogP) is 3.84.